The first-order valence-corrected chi connectivity index (χ1v) is 16.0. The maximum Gasteiger partial charge on any atom is 0.138 e. The highest BCUT2D eigenvalue weighted by Gasteiger charge is 2.34. The summed E-state index contributed by atoms with van der Waals surface area (Å²) >= 11 is 8.26. The van der Waals surface area contributed by atoms with Crippen molar-refractivity contribution in [3.05, 3.63) is 66.1 Å². The number of hydrogen-bond donors (Lipinski definition) is 1. The van der Waals surface area contributed by atoms with Crippen molar-refractivity contribution in [2.75, 3.05) is 0 Å². The van der Waals surface area contributed by atoms with Crippen LogP contribution in [-0.2, 0) is 10.4 Å². The molecular weight excluding hydrogens is 717 g/mol. The van der Waals surface area contributed by atoms with Crippen molar-refractivity contribution in [1.82, 2.24) is 0 Å². The number of rotatable bonds is 5. The Morgan fingerprint density at radius 2 is 1.35 bits per heavy atom. The van der Waals surface area contributed by atoms with E-state index in [4.69, 9.17) is 0 Å². The van der Waals surface area contributed by atoms with Crippen LogP contribution in [0.2, 0.25) is 0 Å². The van der Waals surface area contributed by atoms with E-state index in [0.29, 0.717) is 14.7 Å². The lowest BCUT2D eigenvalue weighted by Gasteiger charge is -2.36. The number of Topliss-reactive ketones (excluding diaryl/α,β-unsaturated/α-hetero) is 1. The molecule has 0 atom stereocenters. The van der Waals surface area contributed by atoms with Crippen LogP contribution in [0.25, 0.3) is 0 Å². The maximum absolute atomic E-state index is 13.5. The van der Waals surface area contributed by atoms with Crippen LogP contribution < -0.4 is 0 Å². The minimum atomic E-state index is -0.828. The Labute approximate surface area is 251 Å². The third-order valence-electron chi connectivity index (χ3n) is 7.33. The molecule has 2 aromatic rings. The number of ketones is 1. The Balaban J connectivity index is 0.000000214. The van der Waals surface area contributed by atoms with Gasteiger partial charge in [-0.3, -0.25) is 4.79 Å². The monoisotopic (exact) mass is 754 g/mol. The smallest absolute Gasteiger partial charge is 0.138 e. The van der Waals surface area contributed by atoms with E-state index in [9.17, 15) is 18.7 Å². The van der Waals surface area contributed by atoms with Gasteiger partial charge in [-0.05, 0) is 141 Å². The van der Waals surface area contributed by atoms with Crippen LogP contribution in [-0.4, -0.2) is 10.9 Å². The predicted molar refractivity (Wildman–Crippen MR) is 164 cm³/mol. The molecule has 7 heteroatoms. The SMILES string of the molecule is CCCC1CCC(=O)CC1.CCCC1CCC(O)(c2ccc(Br)c(F)c2)CC1.Fc1cc(I)ccc1Br. The number of halogens is 5. The zero-order valence-corrected chi connectivity index (χ0v) is 27.2. The summed E-state index contributed by atoms with van der Waals surface area (Å²) in [6.45, 7) is 4.42. The second-order valence-corrected chi connectivity index (χ2v) is 13.2. The third kappa shape index (κ3) is 11.3. The van der Waals surface area contributed by atoms with Crippen LogP contribution in [0, 0.1) is 27.0 Å². The molecule has 0 spiro atoms. The molecule has 2 saturated carbocycles. The molecule has 4 rings (SSSR count). The Hall–Kier alpha value is -0.380. The largest absolute Gasteiger partial charge is 0.385 e. The summed E-state index contributed by atoms with van der Waals surface area (Å²) in [4.78, 5) is 10.8. The number of hydrogen-bond acceptors (Lipinski definition) is 2. The lowest BCUT2D eigenvalue weighted by atomic mass is 9.74. The molecule has 0 aliphatic heterocycles. The van der Waals surface area contributed by atoms with Crippen molar-refractivity contribution < 1.29 is 18.7 Å². The van der Waals surface area contributed by atoms with Crippen LogP contribution in [0.1, 0.15) is 96.5 Å². The van der Waals surface area contributed by atoms with Gasteiger partial charge in [0.15, 0.2) is 0 Å². The second kappa shape index (κ2) is 16.7. The molecule has 0 aromatic heterocycles. The normalized spacial score (nSPS) is 21.9. The molecule has 2 aliphatic rings. The number of benzene rings is 2. The van der Waals surface area contributed by atoms with E-state index in [1.54, 1.807) is 12.1 Å². The first-order valence-electron chi connectivity index (χ1n) is 13.4. The summed E-state index contributed by atoms with van der Waals surface area (Å²) in [5.74, 6) is 1.57. The van der Waals surface area contributed by atoms with Gasteiger partial charge in [-0.15, -0.1) is 0 Å². The predicted octanol–water partition coefficient (Wildman–Crippen LogP) is 10.5. The summed E-state index contributed by atoms with van der Waals surface area (Å²) in [5.41, 5.74) is -0.107. The lowest BCUT2D eigenvalue weighted by molar-refractivity contribution is -0.121. The van der Waals surface area contributed by atoms with Gasteiger partial charge in [0.05, 0.1) is 14.5 Å². The Bertz CT molecular complexity index is 984. The van der Waals surface area contributed by atoms with Crippen molar-refractivity contribution in [3.8, 4) is 0 Å². The van der Waals surface area contributed by atoms with Gasteiger partial charge >= 0.3 is 0 Å². The molecule has 0 saturated heterocycles. The van der Waals surface area contributed by atoms with Crippen LogP contribution >= 0.6 is 54.5 Å². The van der Waals surface area contributed by atoms with E-state index < -0.39 is 5.60 Å². The van der Waals surface area contributed by atoms with Crippen molar-refractivity contribution >= 4 is 60.2 Å². The van der Waals surface area contributed by atoms with E-state index in [1.807, 2.05) is 12.1 Å². The summed E-state index contributed by atoms with van der Waals surface area (Å²) in [7, 11) is 0. The second-order valence-electron chi connectivity index (χ2n) is 10.2. The first kappa shape index (κ1) is 32.8. The van der Waals surface area contributed by atoms with Gasteiger partial charge in [0.25, 0.3) is 0 Å². The molecule has 206 valence electrons. The Morgan fingerprint density at radius 1 is 0.865 bits per heavy atom. The fourth-order valence-corrected chi connectivity index (χ4v) is 6.04. The molecule has 1 N–H and O–H groups in total. The van der Waals surface area contributed by atoms with Crippen LogP contribution in [0.5, 0.6) is 0 Å². The molecule has 0 amide bonds. The highest BCUT2D eigenvalue weighted by Crippen LogP contribution is 2.41. The van der Waals surface area contributed by atoms with Gasteiger partial charge in [0.1, 0.15) is 17.4 Å². The van der Waals surface area contributed by atoms with E-state index in [1.165, 1.54) is 37.8 Å². The van der Waals surface area contributed by atoms with Gasteiger partial charge in [-0.1, -0.05) is 45.6 Å². The van der Waals surface area contributed by atoms with Crippen LogP contribution in [0.15, 0.2) is 45.3 Å². The highest BCUT2D eigenvalue weighted by atomic mass is 127. The molecule has 0 bridgehead atoms. The first-order chi connectivity index (χ1) is 17.6. The van der Waals surface area contributed by atoms with Crippen molar-refractivity contribution in [2.24, 2.45) is 11.8 Å². The van der Waals surface area contributed by atoms with E-state index in [0.717, 1.165) is 72.3 Å². The molecule has 0 unspecified atom stereocenters. The van der Waals surface area contributed by atoms with Crippen molar-refractivity contribution in [3.63, 3.8) is 0 Å². The number of carbonyl (C=O) groups excluding carboxylic acids is 1. The molecule has 0 heterocycles. The van der Waals surface area contributed by atoms with Crippen molar-refractivity contribution in [1.29, 1.82) is 0 Å². The van der Waals surface area contributed by atoms with Gasteiger partial charge < -0.3 is 5.11 Å². The quantitative estimate of drug-likeness (QED) is 0.244. The Kier molecular flexibility index (Phi) is 14.8. The number of carbonyl (C=O) groups is 1. The van der Waals surface area contributed by atoms with Gasteiger partial charge in [0, 0.05) is 16.4 Å². The van der Waals surface area contributed by atoms with E-state index in [-0.39, 0.29) is 11.6 Å². The van der Waals surface area contributed by atoms with Gasteiger partial charge in [-0.25, -0.2) is 8.78 Å². The molecule has 2 fully saturated rings. The van der Waals surface area contributed by atoms with Crippen LogP contribution in [0.3, 0.4) is 0 Å². The van der Waals surface area contributed by atoms with Gasteiger partial charge in [-0.2, -0.15) is 0 Å². The molecule has 2 aromatic carbocycles. The topological polar surface area (TPSA) is 37.3 Å². The summed E-state index contributed by atoms with van der Waals surface area (Å²) in [5, 5.41) is 10.7. The van der Waals surface area contributed by atoms with E-state index >= 15 is 0 Å². The molecule has 2 nitrogen and oxygen atoms in total. The number of aliphatic hydroxyl groups is 1. The zero-order valence-electron chi connectivity index (χ0n) is 21.8. The summed E-state index contributed by atoms with van der Waals surface area (Å²) in [6.07, 6.45) is 12.7. The molecular formula is C30H39Br2F2IO2. The average molecular weight is 756 g/mol. The third-order valence-corrected chi connectivity index (χ3v) is 9.28. The van der Waals surface area contributed by atoms with E-state index in [2.05, 4.69) is 68.3 Å². The highest BCUT2D eigenvalue weighted by molar-refractivity contribution is 14.1. The molecule has 37 heavy (non-hydrogen) atoms. The van der Waals surface area contributed by atoms with Crippen molar-refractivity contribution in [2.45, 2.75) is 96.5 Å². The van der Waals surface area contributed by atoms with Crippen LogP contribution in [0.4, 0.5) is 8.78 Å². The maximum atomic E-state index is 13.5. The standard InChI is InChI=1S/C15H20BrFO.C9H16O.C6H3BrFI/c1-2-3-11-6-8-15(18,9-7-11)12-4-5-13(16)14(17)10-12;1-2-3-8-4-6-9(10)7-5-8;7-5-2-1-4(9)3-6(5)8/h4-5,10-11,18H,2-3,6-9H2,1H3;8H,2-7H2,1H3;1-3H. The minimum Gasteiger partial charge on any atom is -0.385 e. The lowest BCUT2D eigenvalue weighted by Crippen LogP contribution is -2.31. The zero-order chi connectivity index (χ0) is 27.4. The minimum absolute atomic E-state index is 0.207. The average Bonchev–Trinajstić information content (AvgIpc) is 2.87. The fourth-order valence-electron chi connectivity index (χ4n) is 5.09. The molecule has 2 aliphatic carbocycles. The summed E-state index contributed by atoms with van der Waals surface area (Å²) in [6, 6.07) is 9.98. The van der Waals surface area contributed by atoms with Gasteiger partial charge in [0.2, 0.25) is 0 Å². The summed E-state index contributed by atoms with van der Waals surface area (Å²) < 4.78 is 28.0. The fraction of sp³-hybridized carbons (Fsp3) is 0.567. The molecule has 0 radical (unpaired) electrons. The Morgan fingerprint density at radius 3 is 1.81 bits per heavy atom.